The number of hydrogen-bond acceptors (Lipinski definition) is 4. The quantitative estimate of drug-likeness (QED) is 0.457. The van der Waals surface area contributed by atoms with Gasteiger partial charge in [0.15, 0.2) is 11.5 Å². The number of nitrogens with zero attached hydrogens (tertiary/aromatic N) is 2. The summed E-state index contributed by atoms with van der Waals surface area (Å²) in [6.07, 6.45) is 2.95. The molecular formula is C31H34N2O4. The lowest BCUT2D eigenvalue weighted by Crippen LogP contribution is -2.57. The molecule has 2 fully saturated rings. The van der Waals surface area contributed by atoms with Crippen molar-refractivity contribution in [2.75, 3.05) is 33.9 Å². The molecule has 6 nitrogen and oxygen atoms in total. The van der Waals surface area contributed by atoms with Crippen molar-refractivity contribution in [3.8, 4) is 22.6 Å². The highest BCUT2D eigenvalue weighted by molar-refractivity contribution is 5.95. The summed E-state index contributed by atoms with van der Waals surface area (Å²) in [5, 5.41) is 0. The predicted molar refractivity (Wildman–Crippen MR) is 144 cm³/mol. The molecule has 3 aromatic carbocycles. The molecule has 0 spiro atoms. The lowest BCUT2D eigenvalue weighted by atomic mass is 9.83. The third-order valence-electron chi connectivity index (χ3n) is 7.76. The van der Waals surface area contributed by atoms with E-state index in [0.717, 1.165) is 41.5 Å². The molecular weight excluding hydrogens is 464 g/mol. The number of piperidine rings is 2. The van der Waals surface area contributed by atoms with Crippen LogP contribution in [0.3, 0.4) is 0 Å². The molecule has 2 aliphatic rings. The van der Waals surface area contributed by atoms with Gasteiger partial charge >= 0.3 is 0 Å². The maximum atomic E-state index is 13.3. The number of amides is 2. The molecule has 3 aromatic rings. The van der Waals surface area contributed by atoms with Crippen molar-refractivity contribution in [2.24, 2.45) is 5.92 Å². The lowest BCUT2D eigenvalue weighted by Gasteiger charge is -2.47. The SMILES string of the molecule is COc1ccc(CCN2C(=O)CC[C@@H]3CN(C(=O)c4ccc(-c5ccccc5)cc4)CC[C@@H]32)cc1OC. The second-order valence-corrected chi connectivity index (χ2v) is 9.88. The molecule has 6 heteroatoms. The summed E-state index contributed by atoms with van der Waals surface area (Å²) in [7, 11) is 3.26. The summed E-state index contributed by atoms with van der Waals surface area (Å²) in [6, 6.07) is 24.2. The predicted octanol–water partition coefficient (Wildman–Crippen LogP) is 5.07. The zero-order valence-corrected chi connectivity index (χ0v) is 21.6. The molecule has 0 bridgehead atoms. The van der Waals surface area contributed by atoms with E-state index in [1.807, 2.05) is 65.6 Å². The molecule has 2 atom stereocenters. The van der Waals surface area contributed by atoms with Gasteiger partial charge in [0, 0.05) is 37.7 Å². The van der Waals surface area contributed by atoms with Gasteiger partial charge in [-0.25, -0.2) is 0 Å². The molecule has 2 heterocycles. The van der Waals surface area contributed by atoms with Crippen LogP contribution in [0.15, 0.2) is 72.8 Å². The first-order chi connectivity index (χ1) is 18.1. The van der Waals surface area contributed by atoms with Gasteiger partial charge in [0.05, 0.1) is 14.2 Å². The molecule has 2 aliphatic heterocycles. The van der Waals surface area contributed by atoms with Crippen LogP contribution in [0, 0.1) is 5.92 Å². The average molecular weight is 499 g/mol. The highest BCUT2D eigenvalue weighted by atomic mass is 16.5. The Morgan fingerprint density at radius 2 is 1.62 bits per heavy atom. The number of benzene rings is 3. The van der Waals surface area contributed by atoms with E-state index in [1.165, 1.54) is 0 Å². The third-order valence-corrected chi connectivity index (χ3v) is 7.76. The van der Waals surface area contributed by atoms with Crippen molar-refractivity contribution < 1.29 is 19.1 Å². The van der Waals surface area contributed by atoms with Crippen LogP contribution in [0.4, 0.5) is 0 Å². The lowest BCUT2D eigenvalue weighted by molar-refractivity contribution is -0.140. The summed E-state index contributed by atoms with van der Waals surface area (Å²) >= 11 is 0. The molecule has 0 saturated carbocycles. The highest BCUT2D eigenvalue weighted by Gasteiger charge is 2.40. The second-order valence-electron chi connectivity index (χ2n) is 9.88. The Kier molecular flexibility index (Phi) is 7.45. The van der Waals surface area contributed by atoms with Crippen molar-refractivity contribution in [1.29, 1.82) is 0 Å². The number of fused-ring (bicyclic) bond motifs is 1. The van der Waals surface area contributed by atoms with Crippen molar-refractivity contribution in [3.05, 3.63) is 83.9 Å². The first kappa shape index (κ1) is 24.9. The fourth-order valence-corrected chi connectivity index (χ4v) is 5.73. The minimum absolute atomic E-state index is 0.0758. The average Bonchev–Trinajstić information content (AvgIpc) is 2.96. The van der Waals surface area contributed by atoms with Gasteiger partial charge < -0.3 is 19.3 Å². The largest absolute Gasteiger partial charge is 0.493 e. The van der Waals surface area contributed by atoms with E-state index in [2.05, 4.69) is 17.0 Å². The van der Waals surface area contributed by atoms with Crippen molar-refractivity contribution in [2.45, 2.75) is 31.7 Å². The molecule has 192 valence electrons. The van der Waals surface area contributed by atoms with Crippen LogP contribution in [0.1, 0.15) is 35.2 Å². The zero-order valence-electron chi connectivity index (χ0n) is 21.6. The summed E-state index contributed by atoms with van der Waals surface area (Å²) in [4.78, 5) is 30.2. The van der Waals surface area contributed by atoms with Crippen LogP contribution in [0.25, 0.3) is 11.1 Å². The van der Waals surface area contributed by atoms with Crippen LogP contribution in [0.5, 0.6) is 11.5 Å². The van der Waals surface area contributed by atoms with E-state index >= 15 is 0 Å². The topological polar surface area (TPSA) is 59.1 Å². The minimum Gasteiger partial charge on any atom is -0.493 e. The van der Waals surface area contributed by atoms with Gasteiger partial charge in [-0.2, -0.15) is 0 Å². The van der Waals surface area contributed by atoms with Gasteiger partial charge in [-0.05, 0) is 66.1 Å². The van der Waals surface area contributed by atoms with Crippen LogP contribution < -0.4 is 9.47 Å². The van der Waals surface area contributed by atoms with Gasteiger partial charge in [0.25, 0.3) is 5.91 Å². The summed E-state index contributed by atoms with van der Waals surface area (Å²) in [5.74, 6) is 2.01. The Balaban J connectivity index is 1.22. The number of carbonyl (C=O) groups is 2. The van der Waals surface area contributed by atoms with Crippen molar-refractivity contribution in [3.63, 3.8) is 0 Å². The first-order valence-electron chi connectivity index (χ1n) is 13.0. The van der Waals surface area contributed by atoms with Crippen LogP contribution in [0.2, 0.25) is 0 Å². The normalized spacial score (nSPS) is 19.4. The Morgan fingerprint density at radius 3 is 2.35 bits per heavy atom. The summed E-state index contributed by atoms with van der Waals surface area (Å²) in [5.41, 5.74) is 4.07. The monoisotopic (exact) mass is 498 g/mol. The Morgan fingerprint density at radius 1 is 0.892 bits per heavy atom. The van der Waals surface area contributed by atoms with Crippen molar-refractivity contribution >= 4 is 11.8 Å². The minimum atomic E-state index is 0.0758. The van der Waals surface area contributed by atoms with Gasteiger partial charge in [-0.3, -0.25) is 9.59 Å². The summed E-state index contributed by atoms with van der Waals surface area (Å²) in [6.45, 7) is 2.04. The molecule has 0 aromatic heterocycles. The number of hydrogen-bond donors (Lipinski definition) is 0. The van der Waals surface area contributed by atoms with Gasteiger partial charge in [-0.15, -0.1) is 0 Å². The fourth-order valence-electron chi connectivity index (χ4n) is 5.73. The van der Waals surface area contributed by atoms with Gasteiger partial charge in [0.1, 0.15) is 0 Å². The van der Waals surface area contributed by atoms with Crippen molar-refractivity contribution in [1.82, 2.24) is 9.80 Å². The van der Waals surface area contributed by atoms with E-state index in [4.69, 9.17) is 9.47 Å². The molecule has 0 aliphatic carbocycles. The maximum absolute atomic E-state index is 13.3. The zero-order chi connectivity index (χ0) is 25.8. The van der Waals surface area contributed by atoms with Crippen LogP contribution in [-0.4, -0.2) is 61.5 Å². The number of carbonyl (C=O) groups excluding carboxylic acids is 2. The van der Waals surface area contributed by atoms with E-state index in [-0.39, 0.29) is 17.9 Å². The second kappa shape index (κ2) is 11.1. The molecule has 37 heavy (non-hydrogen) atoms. The molecule has 0 radical (unpaired) electrons. The molecule has 2 amide bonds. The number of likely N-dealkylation sites (tertiary alicyclic amines) is 2. The number of rotatable bonds is 7. The van der Waals surface area contributed by atoms with Gasteiger partial charge in [-0.1, -0.05) is 48.5 Å². The smallest absolute Gasteiger partial charge is 0.253 e. The Hall–Kier alpha value is -3.80. The van der Waals surface area contributed by atoms with Crippen LogP contribution in [-0.2, 0) is 11.2 Å². The molecule has 0 N–H and O–H groups in total. The van der Waals surface area contributed by atoms with E-state index < -0.39 is 0 Å². The molecule has 5 rings (SSSR count). The molecule has 0 unspecified atom stereocenters. The number of ether oxygens (including phenoxy) is 2. The molecule has 2 saturated heterocycles. The first-order valence-corrected chi connectivity index (χ1v) is 13.0. The maximum Gasteiger partial charge on any atom is 0.253 e. The Bertz CT molecular complexity index is 1240. The van der Waals surface area contributed by atoms with E-state index in [0.29, 0.717) is 43.5 Å². The highest BCUT2D eigenvalue weighted by Crippen LogP contribution is 2.33. The Labute approximate surface area is 218 Å². The standard InChI is InChI=1S/C31H34N2O4/c1-36-28-14-8-22(20-29(28)37-2)16-19-33-27-17-18-32(21-26(27)13-15-30(33)34)31(35)25-11-9-24(10-12-25)23-6-4-3-5-7-23/h3-12,14,20,26-27H,13,15-19,21H2,1-2H3/t26-,27+/m1/s1. The fraction of sp³-hybridized carbons (Fsp3) is 0.355. The van der Waals surface area contributed by atoms with E-state index in [1.54, 1.807) is 14.2 Å². The third kappa shape index (κ3) is 5.33. The van der Waals surface area contributed by atoms with Gasteiger partial charge in [0.2, 0.25) is 5.91 Å². The van der Waals surface area contributed by atoms with E-state index in [9.17, 15) is 9.59 Å². The number of methoxy groups -OCH3 is 2. The van der Waals surface area contributed by atoms with Crippen LogP contribution >= 0.6 is 0 Å². The summed E-state index contributed by atoms with van der Waals surface area (Å²) < 4.78 is 10.8.